The zero-order chi connectivity index (χ0) is 13.5. The van der Waals surface area contributed by atoms with Gasteiger partial charge in [-0.15, -0.1) is 0 Å². The van der Waals surface area contributed by atoms with Crippen molar-refractivity contribution in [1.82, 2.24) is 15.1 Å². The summed E-state index contributed by atoms with van der Waals surface area (Å²) < 4.78 is 1.82. The van der Waals surface area contributed by atoms with Gasteiger partial charge in [0.1, 0.15) is 0 Å². The minimum atomic E-state index is -0.729. The molecule has 1 aromatic heterocycles. The maximum atomic E-state index is 11.6. The number of carbonyl (C=O) groups is 1. The first-order valence-electron chi connectivity index (χ1n) is 6.47. The Morgan fingerprint density at radius 2 is 2.32 bits per heavy atom. The molecule has 2 aromatic rings. The number of benzene rings is 1. The number of rotatable bonds is 3. The first-order valence-corrected chi connectivity index (χ1v) is 6.47. The molecule has 1 unspecified atom stereocenters. The van der Waals surface area contributed by atoms with E-state index >= 15 is 0 Å². The summed E-state index contributed by atoms with van der Waals surface area (Å²) in [6.07, 6.45) is 1.14. The van der Waals surface area contributed by atoms with Crippen molar-refractivity contribution in [3.63, 3.8) is 0 Å². The highest BCUT2D eigenvalue weighted by Crippen LogP contribution is 2.32. The highest BCUT2D eigenvalue weighted by atomic mass is 16.4. The molecule has 1 fully saturated rings. The Hall–Kier alpha value is -1.88. The lowest BCUT2D eigenvalue weighted by atomic mass is 9.82. The summed E-state index contributed by atoms with van der Waals surface area (Å²) in [5, 5.41) is 18.2. The maximum absolute atomic E-state index is 11.6. The molecule has 2 heterocycles. The van der Waals surface area contributed by atoms with Gasteiger partial charge in [0.2, 0.25) is 0 Å². The lowest BCUT2D eigenvalue weighted by molar-refractivity contribution is -0.147. The van der Waals surface area contributed by atoms with Crippen molar-refractivity contribution in [2.45, 2.75) is 12.8 Å². The van der Waals surface area contributed by atoms with E-state index in [1.165, 1.54) is 0 Å². The van der Waals surface area contributed by atoms with Gasteiger partial charge in [-0.3, -0.25) is 9.48 Å². The van der Waals surface area contributed by atoms with Gasteiger partial charge in [-0.2, -0.15) is 5.10 Å². The summed E-state index contributed by atoms with van der Waals surface area (Å²) >= 11 is 0. The second-order valence-electron chi connectivity index (χ2n) is 5.28. The van der Waals surface area contributed by atoms with E-state index in [0.717, 1.165) is 23.1 Å². The van der Waals surface area contributed by atoms with Crippen LogP contribution >= 0.6 is 0 Å². The van der Waals surface area contributed by atoms with Crippen molar-refractivity contribution in [2.24, 2.45) is 12.5 Å². The number of nitrogens with zero attached hydrogens (tertiary/aromatic N) is 2. The third-order valence-electron chi connectivity index (χ3n) is 4.04. The van der Waals surface area contributed by atoms with E-state index in [9.17, 15) is 9.90 Å². The third kappa shape index (κ3) is 1.90. The number of aliphatic carboxylic acids is 1. The molecule has 2 N–H and O–H groups in total. The fraction of sp³-hybridized carbons (Fsp3) is 0.429. The number of nitrogens with one attached hydrogen (secondary N) is 1. The molecule has 5 nitrogen and oxygen atoms in total. The summed E-state index contributed by atoms with van der Waals surface area (Å²) in [6.45, 7) is 1.28. The van der Waals surface area contributed by atoms with Crippen molar-refractivity contribution < 1.29 is 9.90 Å². The monoisotopic (exact) mass is 259 g/mol. The summed E-state index contributed by atoms with van der Waals surface area (Å²) in [5.41, 5.74) is 1.21. The summed E-state index contributed by atoms with van der Waals surface area (Å²) in [7, 11) is 1.90. The molecule has 1 aliphatic heterocycles. The average molecular weight is 259 g/mol. The van der Waals surface area contributed by atoms with E-state index in [0.29, 0.717) is 19.4 Å². The van der Waals surface area contributed by atoms with E-state index in [1.54, 1.807) is 0 Å². The lowest BCUT2D eigenvalue weighted by Gasteiger charge is -2.21. The van der Waals surface area contributed by atoms with Gasteiger partial charge in [-0.25, -0.2) is 0 Å². The highest BCUT2D eigenvalue weighted by molar-refractivity contribution is 5.83. The fourth-order valence-corrected chi connectivity index (χ4v) is 2.89. The standard InChI is InChI=1S/C14H17N3O2/c1-17-12-5-3-2-4-10(12)11(16-17)8-14(13(18)19)6-7-15-9-14/h2-5,15H,6-9H2,1H3,(H,18,19). The largest absolute Gasteiger partial charge is 0.481 e. The Kier molecular flexibility index (Phi) is 2.78. The van der Waals surface area contributed by atoms with E-state index in [1.807, 2.05) is 36.0 Å². The molecule has 0 spiro atoms. The van der Waals surface area contributed by atoms with Crippen molar-refractivity contribution in [3.8, 4) is 0 Å². The van der Waals surface area contributed by atoms with Crippen LogP contribution in [0, 0.1) is 5.41 Å². The molecule has 0 saturated carbocycles. The Labute approximate surface area is 111 Å². The van der Waals surface area contributed by atoms with Crippen molar-refractivity contribution in [2.75, 3.05) is 13.1 Å². The quantitative estimate of drug-likeness (QED) is 0.868. The lowest BCUT2D eigenvalue weighted by Crippen LogP contribution is -2.35. The molecule has 0 radical (unpaired) electrons. The Morgan fingerprint density at radius 1 is 1.53 bits per heavy atom. The third-order valence-corrected chi connectivity index (χ3v) is 4.04. The maximum Gasteiger partial charge on any atom is 0.311 e. The number of aryl methyl sites for hydroxylation is 1. The van der Waals surface area contributed by atoms with Gasteiger partial charge in [-0.1, -0.05) is 18.2 Å². The van der Waals surface area contributed by atoms with E-state index < -0.39 is 11.4 Å². The molecule has 0 bridgehead atoms. The average Bonchev–Trinajstić information content (AvgIpc) is 2.98. The second-order valence-corrected chi connectivity index (χ2v) is 5.28. The summed E-state index contributed by atoms with van der Waals surface area (Å²) in [5.74, 6) is -0.729. The zero-order valence-electron chi connectivity index (χ0n) is 10.9. The smallest absolute Gasteiger partial charge is 0.311 e. The van der Waals surface area contributed by atoms with Crippen LogP contribution in [0.25, 0.3) is 10.9 Å². The molecule has 1 aromatic carbocycles. The first kappa shape index (κ1) is 12.2. The summed E-state index contributed by atoms with van der Waals surface area (Å²) in [4.78, 5) is 11.6. The number of fused-ring (bicyclic) bond motifs is 1. The number of carboxylic acids is 1. The van der Waals surface area contributed by atoms with E-state index in [4.69, 9.17) is 0 Å². The molecule has 1 saturated heterocycles. The van der Waals surface area contributed by atoms with Gasteiger partial charge in [0, 0.05) is 25.4 Å². The first-order chi connectivity index (χ1) is 9.12. The SMILES string of the molecule is Cn1nc(CC2(C(=O)O)CCNC2)c2ccccc21. The highest BCUT2D eigenvalue weighted by Gasteiger charge is 2.42. The van der Waals surface area contributed by atoms with Crippen molar-refractivity contribution in [3.05, 3.63) is 30.0 Å². The number of para-hydroxylation sites is 1. The fourth-order valence-electron chi connectivity index (χ4n) is 2.89. The molecule has 1 aliphatic rings. The van der Waals surface area contributed by atoms with E-state index in [-0.39, 0.29) is 0 Å². The van der Waals surface area contributed by atoms with E-state index in [2.05, 4.69) is 10.4 Å². The molecule has 1 atom stereocenters. The van der Waals surface area contributed by atoms with Gasteiger partial charge in [0.05, 0.1) is 16.6 Å². The molecule has 0 aliphatic carbocycles. The van der Waals surface area contributed by atoms with Gasteiger partial charge in [-0.05, 0) is 19.0 Å². The minimum Gasteiger partial charge on any atom is -0.481 e. The summed E-state index contributed by atoms with van der Waals surface area (Å²) in [6, 6.07) is 7.95. The molecule has 3 rings (SSSR count). The second kappa shape index (κ2) is 4.35. The van der Waals surface area contributed by atoms with Crippen LogP contribution in [0.1, 0.15) is 12.1 Å². The normalized spacial score (nSPS) is 23.0. The van der Waals surface area contributed by atoms with Crippen LogP contribution in [-0.2, 0) is 18.3 Å². The number of hydrogen-bond donors (Lipinski definition) is 2. The van der Waals surface area contributed by atoms with Crippen LogP contribution in [0.2, 0.25) is 0 Å². The molecule has 5 heteroatoms. The van der Waals surface area contributed by atoms with Crippen LogP contribution in [-0.4, -0.2) is 33.9 Å². The molecule has 0 amide bonds. The molecular formula is C14H17N3O2. The van der Waals surface area contributed by atoms with Crippen LogP contribution in [0.3, 0.4) is 0 Å². The Balaban J connectivity index is 2.03. The number of carboxylic acid groups (broad SMARTS) is 1. The van der Waals surface area contributed by atoms with Gasteiger partial charge in [0.25, 0.3) is 0 Å². The topological polar surface area (TPSA) is 67.2 Å². The van der Waals surface area contributed by atoms with Crippen molar-refractivity contribution >= 4 is 16.9 Å². The van der Waals surface area contributed by atoms with Crippen molar-refractivity contribution in [1.29, 1.82) is 0 Å². The molecule has 100 valence electrons. The molecule has 19 heavy (non-hydrogen) atoms. The van der Waals surface area contributed by atoms with Crippen LogP contribution in [0.15, 0.2) is 24.3 Å². The predicted molar refractivity (Wildman–Crippen MR) is 72.0 cm³/mol. The Morgan fingerprint density at radius 3 is 3.00 bits per heavy atom. The molecular weight excluding hydrogens is 242 g/mol. The van der Waals surface area contributed by atoms with Gasteiger partial charge < -0.3 is 10.4 Å². The van der Waals surface area contributed by atoms with Gasteiger partial charge >= 0.3 is 5.97 Å². The minimum absolute atomic E-state index is 0.483. The zero-order valence-corrected chi connectivity index (χ0v) is 10.9. The predicted octanol–water partition coefficient (Wildman–Crippen LogP) is 1.18. The Bertz CT molecular complexity index is 627. The number of hydrogen-bond acceptors (Lipinski definition) is 3. The van der Waals surface area contributed by atoms with Crippen LogP contribution < -0.4 is 5.32 Å². The van der Waals surface area contributed by atoms with Crippen LogP contribution in [0.4, 0.5) is 0 Å². The number of aromatic nitrogens is 2. The van der Waals surface area contributed by atoms with Gasteiger partial charge in [0.15, 0.2) is 0 Å². The van der Waals surface area contributed by atoms with Crippen LogP contribution in [0.5, 0.6) is 0 Å².